The number of anilines is 1. The average Bonchev–Trinajstić information content (AvgIpc) is 2.98. The highest BCUT2D eigenvalue weighted by molar-refractivity contribution is 5.34. The van der Waals surface area contributed by atoms with Crippen molar-refractivity contribution in [1.29, 1.82) is 0 Å². The summed E-state index contributed by atoms with van der Waals surface area (Å²) in [6.45, 7) is 3.02. The highest BCUT2D eigenvalue weighted by Crippen LogP contribution is 2.32. The zero-order valence-corrected chi connectivity index (χ0v) is 9.80. The Kier molecular flexibility index (Phi) is 2.51. The molecule has 1 saturated heterocycles. The number of aromatic nitrogens is 4. The molecule has 17 heavy (non-hydrogen) atoms. The van der Waals surface area contributed by atoms with Gasteiger partial charge in [-0.2, -0.15) is 0 Å². The van der Waals surface area contributed by atoms with E-state index in [9.17, 15) is 0 Å². The van der Waals surface area contributed by atoms with E-state index in [0.717, 1.165) is 36.9 Å². The third kappa shape index (κ3) is 1.88. The van der Waals surface area contributed by atoms with Crippen molar-refractivity contribution in [3.8, 4) is 0 Å². The van der Waals surface area contributed by atoms with Gasteiger partial charge in [-0.3, -0.25) is 0 Å². The summed E-state index contributed by atoms with van der Waals surface area (Å²) in [6, 6.07) is 2.12. The fourth-order valence-electron chi connectivity index (χ4n) is 2.33. The van der Waals surface area contributed by atoms with Crippen LogP contribution in [0.1, 0.15) is 30.4 Å². The Hall–Kier alpha value is -1.91. The first-order chi connectivity index (χ1) is 8.34. The monoisotopic (exact) mass is 229 g/mol. The van der Waals surface area contributed by atoms with Crippen molar-refractivity contribution in [2.45, 2.75) is 25.8 Å². The number of aromatic amines is 1. The van der Waals surface area contributed by atoms with Gasteiger partial charge in [-0.25, -0.2) is 15.0 Å². The van der Waals surface area contributed by atoms with Crippen molar-refractivity contribution in [2.24, 2.45) is 0 Å². The molecule has 1 atom stereocenters. The van der Waals surface area contributed by atoms with Gasteiger partial charge < -0.3 is 9.88 Å². The summed E-state index contributed by atoms with van der Waals surface area (Å²) < 4.78 is 0. The summed E-state index contributed by atoms with van der Waals surface area (Å²) in [6.07, 6.45) is 7.70. The molecule has 88 valence electrons. The summed E-state index contributed by atoms with van der Waals surface area (Å²) in [4.78, 5) is 18.6. The van der Waals surface area contributed by atoms with Crippen LogP contribution in [0.3, 0.4) is 0 Å². The van der Waals surface area contributed by atoms with Crippen LogP contribution >= 0.6 is 0 Å². The van der Waals surface area contributed by atoms with Gasteiger partial charge in [0.1, 0.15) is 5.82 Å². The molecule has 0 spiro atoms. The second-order valence-corrected chi connectivity index (χ2v) is 4.35. The SMILES string of the molecule is Cc1cnc([C@@H]2CCCN2c2ncccn2)[nH]1. The Morgan fingerprint density at radius 3 is 2.82 bits per heavy atom. The van der Waals surface area contributed by atoms with Gasteiger partial charge in [-0.05, 0) is 25.8 Å². The number of H-pyrrole nitrogens is 1. The van der Waals surface area contributed by atoms with Crippen molar-refractivity contribution in [1.82, 2.24) is 19.9 Å². The molecule has 0 aromatic carbocycles. The molecule has 2 aromatic rings. The van der Waals surface area contributed by atoms with E-state index in [1.807, 2.05) is 19.2 Å². The van der Waals surface area contributed by atoms with Gasteiger partial charge in [0.2, 0.25) is 5.95 Å². The standard InChI is InChI=1S/C12H15N5/c1-9-8-15-11(16-9)10-4-2-7-17(10)12-13-5-3-6-14-12/h3,5-6,8,10H,2,4,7H2,1H3,(H,15,16)/t10-/m0/s1. The third-order valence-corrected chi connectivity index (χ3v) is 3.10. The molecule has 3 rings (SSSR count). The molecule has 1 N–H and O–H groups in total. The van der Waals surface area contributed by atoms with Crippen LogP contribution in [0.2, 0.25) is 0 Å². The predicted molar refractivity (Wildman–Crippen MR) is 64.7 cm³/mol. The van der Waals surface area contributed by atoms with Gasteiger partial charge >= 0.3 is 0 Å². The van der Waals surface area contributed by atoms with E-state index in [1.165, 1.54) is 0 Å². The number of imidazole rings is 1. The fourth-order valence-corrected chi connectivity index (χ4v) is 2.33. The van der Waals surface area contributed by atoms with E-state index in [0.29, 0.717) is 0 Å². The van der Waals surface area contributed by atoms with Crippen LogP contribution in [0.25, 0.3) is 0 Å². The third-order valence-electron chi connectivity index (χ3n) is 3.10. The van der Waals surface area contributed by atoms with Crippen LogP contribution in [-0.2, 0) is 0 Å². The smallest absolute Gasteiger partial charge is 0.225 e. The summed E-state index contributed by atoms with van der Waals surface area (Å²) in [5.74, 6) is 1.82. The fraction of sp³-hybridized carbons (Fsp3) is 0.417. The highest BCUT2D eigenvalue weighted by atomic mass is 15.3. The molecule has 2 aromatic heterocycles. The Labute approximate surface area is 99.9 Å². The zero-order valence-electron chi connectivity index (χ0n) is 9.80. The van der Waals surface area contributed by atoms with Crippen molar-refractivity contribution in [2.75, 3.05) is 11.4 Å². The second-order valence-electron chi connectivity index (χ2n) is 4.35. The normalized spacial score (nSPS) is 19.8. The average molecular weight is 229 g/mol. The molecule has 0 unspecified atom stereocenters. The summed E-state index contributed by atoms with van der Waals surface area (Å²) in [5, 5.41) is 0. The molecule has 1 fully saturated rings. The molecule has 1 aliphatic rings. The maximum Gasteiger partial charge on any atom is 0.225 e. The number of hydrogen-bond acceptors (Lipinski definition) is 4. The van der Waals surface area contributed by atoms with Crippen molar-refractivity contribution in [3.63, 3.8) is 0 Å². The number of aryl methyl sites for hydroxylation is 1. The molecule has 3 heterocycles. The number of nitrogens with zero attached hydrogens (tertiary/aromatic N) is 4. The Bertz CT molecular complexity index is 493. The Morgan fingerprint density at radius 2 is 2.12 bits per heavy atom. The van der Waals surface area contributed by atoms with E-state index in [2.05, 4.69) is 24.8 Å². The molecular formula is C12H15N5. The zero-order chi connectivity index (χ0) is 11.7. The first kappa shape index (κ1) is 10.3. The van der Waals surface area contributed by atoms with E-state index >= 15 is 0 Å². The quantitative estimate of drug-likeness (QED) is 0.853. The molecule has 0 aliphatic carbocycles. The van der Waals surface area contributed by atoms with Gasteiger partial charge in [-0.1, -0.05) is 0 Å². The molecule has 5 nitrogen and oxygen atoms in total. The van der Waals surface area contributed by atoms with Crippen LogP contribution < -0.4 is 4.90 Å². The molecular weight excluding hydrogens is 214 g/mol. The first-order valence-corrected chi connectivity index (χ1v) is 5.90. The van der Waals surface area contributed by atoms with Crippen LogP contribution in [0.15, 0.2) is 24.7 Å². The van der Waals surface area contributed by atoms with Crippen LogP contribution in [0.4, 0.5) is 5.95 Å². The van der Waals surface area contributed by atoms with Gasteiger partial charge in [0.15, 0.2) is 0 Å². The molecule has 1 aliphatic heterocycles. The molecule has 0 saturated carbocycles. The van der Waals surface area contributed by atoms with Crippen molar-refractivity contribution >= 4 is 5.95 Å². The number of hydrogen-bond donors (Lipinski definition) is 1. The lowest BCUT2D eigenvalue weighted by molar-refractivity contribution is 0.661. The molecule has 0 radical (unpaired) electrons. The molecule has 5 heteroatoms. The lowest BCUT2D eigenvalue weighted by atomic mass is 10.2. The number of rotatable bonds is 2. The van der Waals surface area contributed by atoms with Gasteiger partial charge in [0.25, 0.3) is 0 Å². The van der Waals surface area contributed by atoms with Crippen molar-refractivity contribution in [3.05, 3.63) is 36.2 Å². The Balaban J connectivity index is 1.90. The Morgan fingerprint density at radius 1 is 1.29 bits per heavy atom. The largest absolute Gasteiger partial charge is 0.344 e. The minimum atomic E-state index is 0.283. The van der Waals surface area contributed by atoms with Crippen LogP contribution in [0.5, 0.6) is 0 Å². The maximum absolute atomic E-state index is 4.42. The van der Waals surface area contributed by atoms with Crippen LogP contribution in [0, 0.1) is 6.92 Å². The van der Waals surface area contributed by atoms with Crippen molar-refractivity contribution < 1.29 is 0 Å². The lowest BCUT2D eigenvalue weighted by Gasteiger charge is -2.22. The van der Waals surface area contributed by atoms with Crippen LogP contribution in [-0.4, -0.2) is 26.5 Å². The summed E-state index contributed by atoms with van der Waals surface area (Å²) in [7, 11) is 0. The van der Waals surface area contributed by atoms with Gasteiger partial charge in [0.05, 0.1) is 6.04 Å². The van der Waals surface area contributed by atoms with E-state index in [-0.39, 0.29) is 6.04 Å². The predicted octanol–water partition coefficient (Wildman–Crippen LogP) is 1.85. The minimum absolute atomic E-state index is 0.283. The highest BCUT2D eigenvalue weighted by Gasteiger charge is 2.29. The number of nitrogens with one attached hydrogen (secondary N) is 1. The topological polar surface area (TPSA) is 57.7 Å². The summed E-state index contributed by atoms with van der Waals surface area (Å²) in [5.41, 5.74) is 1.10. The molecule has 0 amide bonds. The lowest BCUT2D eigenvalue weighted by Crippen LogP contribution is -2.25. The van der Waals surface area contributed by atoms with Gasteiger partial charge in [0, 0.05) is 30.8 Å². The molecule has 0 bridgehead atoms. The minimum Gasteiger partial charge on any atom is -0.344 e. The first-order valence-electron chi connectivity index (χ1n) is 5.90. The van der Waals surface area contributed by atoms with E-state index < -0.39 is 0 Å². The second kappa shape index (κ2) is 4.16. The maximum atomic E-state index is 4.42. The van der Waals surface area contributed by atoms with Gasteiger partial charge in [-0.15, -0.1) is 0 Å². The van der Waals surface area contributed by atoms with E-state index in [1.54, 1.807) is 12.4 Å². The van der Waals surface area contributed by atoms with E-state index in [4.69, 9.17) is 0 Å². The summed E-state index contributed by atoms with van der Waals surface area (Å²) >= 11 is 0.